The van der Waals surface area contributed by atoms with Crippen molar-refractivity contribution in [2.45, 2.75) is 133 Å². The minimum absolute atomic E-state index is 0. The van der Waals surface area contributed by atoms with Crippen molar-refractivity contribution in [3.8, 4) is 11.3 Å². The van der Waals surface area contributed by atoms with Gasteiger partial charge in [-0.25, -0.2) is 4.98 Å². The van der Waals surface area contributed by atoms with Crippen molar-refractivity contribution in [3.63, 3.8) is 0 Å². The second-order valence-electron chi connectivity index (χ2n) is 17.1. The van der Waals surface area contributed by atoms with E-state index in [0.29, 0.717) is 23.7 Å². The summed E-state index contributed by atoms with van der Waals surface area (Å²) in [6.07, 6.45) is 4.98. The Balaban J connectivity index is 0.000000448. The second kappa shape index (κ2) is 21.2. The van der Waals surface area contributed by atoms with Gasteiger partial charge in [0.15, 0.2) is 5.78 Å². The number of hydrogen-bond acceptors (Lipinski definition) is 5. The minimum Gasteiger partial charge on any atom is -0.512 e. The summed E-state index contributed by atoms with van der Waals surface area (Å²) in [5.41, 5.74) is 3.98. The first-order valence-electron chi connectivity index (χ1n) is 21.2. The van der Waals surface area contributed by atoms with Crippen molar-refractivity contribution in [1.29, 1.82) is 0 Å². The van der Waals surface area contributed by atoms with E-state index in [9.17, 15) is 9.90 Å². The van der Waals surface area contributed by atoms with Gasteiger partial charge in [0.25, 0.3) is 0 Å². The van der Waals surface area contributed by atoms with Crippen LogP contribution in [-0.4, -0.2) is 28.9 Å². The molecule has 2 heterocycles. The zero-order valence-corrected chi connectivity index (χ0v) is 39.8. The van der Waals surface area contributed by atoms with E-state index in [0.717, 1.165) is 57.9 Å². The van der Waals surface area contributed by atoms with Crippen molar-refractivity contribution >= 4 is 61.5 Å². The monoisotopic (exact) mass is 957 g/mol. The maximum atomic E-state index is 11.7. The number of allylic oxidation sites excluding steroid dienone is 2. The summed E-state index contributed by atoms with van der Waals surface area (Å²) in [6.45, 7) is 26.9. The summed E-state index contributed by atoms with van der Waals surface area (Å²) >= 11 is 1.79. The fraction of sp³-hybridized carbons (Fsp3) is 0.521. The van der Waals surface area contributed by atoms with E-state index < -0.39 is 8.07 Å². The molecule has 0 aliphatic carbocycles. The molecule has 1 N–H and O–H groups in total. The first kappa shape index (κ1) is 45.0. The molecule has 0 unspecified atom stereocenters. The largest absolute Gasteiger partial charge is 0.512 e. The fourth-order valence-corrected chi connectivity index (χ4v) is 16.7. The summed E-state index contributed by atoms with van der Waals surface area (Å²) in [5.74, 6) is 2.97. The van der Waals surface area contributed by atoms with Gasteiger partial charge in [-0.3, -0.25) is 9.78 Å². The van der Waals surface area contributed by atoms with Crippen molar-refractivity contribution in [1.82, 2.24) is 9.97 Å². The van der Waals surface area contributed by atoms with E-state index in [1.807, 2.05) is 27.7 Å². The Morgan fingerprint density at radius 1 is 0.818 bits per heavy atom. The van der Waals surface area contributed by atoms with Crippen LogP contribution < -0.4 is 5.19 Å². The molecule has 7 heteroatoms. The van der Waals surface area contributed by atoms with E-state index in [1.165, 1.54) is 39.9 Å². The summed E-state index contributed by atoms with van der Waals surface area (Å²) in [7, 11) is -1.74. The smallest absolute Gasteiger partial charge is 0.162 e. The third-order valence-corrected chi connectivity index (χ3v) is 18.5. The zero-order chi connectivity index (χ0) is 40.6. The number of ketones is 1. The van der Waals surface area contributed by atoms with Crippen LogP contribution in [0.4, 0.5) is 0 Å². The van der Waals surface area contributed by atoms with Crippen LogP contribution >= 0.6 is 11.3 Å². The summed E-state index contributed by atoms with van der Waals surface area (Å²) in [4.78, 5) is 21.1. The van der Waals surface area contributed by atoms with Crippen LogP contribution in [-0.2, 0) is 24.9 Å². The maximum absolute atomic E-state index is 11.7. The van der Waals surface area contributed by atoms with Gasteiger partial charge in [0, 0.05) is 58.5 Å². The van der Waals surface area contributed by atoms with Gasteiger partial charge < -0.3 is 5.11 Å². The van der Waals surface area contributed by atoms with Gasteiger partial charge in [-0.05, 0) is 55.4 Å². The van der Waals surface area contributed by atoms with Crippen LogP contribution in [0.5, 0.6) is 0 Å². The fourth-order valence-electron chi connectivity index (χ4n) is 8.63. The number of hydrogen-bond donors (Lipinski definition) is 1. The molecular formula is C48H67IrN2O2SSi-. The number of benzene rings is 3. The molecule has 3 aromatic carbocycles. The number of thiophene rings is 1. The Morgan fingerprint density at radius 2 is 1.40 bits per heavy atom. The van der Waals surface area contributed by atoms with Crippen LogP contribution in [0, 0.1) is 35.7 Å². The summed E-state index contributed by atoms with van der Waals surface area (Å²) in [5, 5.41) is 14.8. The van der Waals surface area contributed by atoms with Crippen LogP contribution in [0.2, 0.25) is 18.1 Å². The number of fused-ring (bicyclic) bond motifs is 4. The number of carbonyl (C=O) groups excluding carboxylic acids is 1. The molecule has 0 saturated carbocycles. The number of carbonyl (C=O) groups is 1. The van der Waals surface area contributed by atoms with Gasteiger partial charge in [0.2, 0.25) is 0 Å². The van der Waals surface area contributed by atoms with Crippen molar-refractivity contribution in [2.75, 3.05) is 0 Å². The van der Waals surface area contributed by atoms with Crippen LogP contribution in [0.15, 0.2) is 66.7 Å². The number of rotatable bonds is 16. The van der Waals surface area contributed by atoms with Crippen molar-refractivity contribution in [3.05, 3.63) is 78.3 Å². The van der Waals surface area contributed by atoms with E-state index in [-0.39, 0.29) is 49.8 Å². The van der Waals surface area contributed by atoms with Crippen molar-refractivity contribution < 1.29 is 31.4 Å². The average Bonchev–Trinajstić information content (AvgIpc) is 3.48. The van der Waals surface area contributed by atoms with Crippen LogP contribution in [0.1, 0.15) is 122 Å². The standard InChI is InChI=1S/C35H43N2SSi.C13H24O2.Ir/c1-22(2)18-39(19-23(3)4,20-24(5)6)28-13-14-30-32(17-28)38-35-33(36-21-37-34(30)35)27-15-26-11-9-10-12-29(26)31(16-27)25(7)8;1-5-10(6-2)12(14)9-13(15)11(7-3)8-4;/h9-14,16-17,21-25H,18-20H2,1-8H3;9-11,14H,5-8H2,1-4H3;/q-1;;/b;12-9-;/i21D;;. The minimum atomic E-state index is -1.74. The molecule has 0 spiro atoms. The quantitative estimate of drug-likeness (QED) is 0.0463. The van der Waals surface area contributed by atoms with Crippen LogP contribution in [0.3, 0.4) is 0 Å². The Labute approximate surface area is 352 Å². The third-order valence-electron chi connectivity index (χ3n) is 11.0. The Bertz CT molecular complexity index is 2050. The number of aliphatic hydroxyl groups is 1. The van der Waals surface area contributed by atoms with Gasteiger partial charge in [-0.1, -0.05) is 148 Å². The first-order valence-corrected chi connectivity index (χ1v) is 24.1. The Kier molecular flexibility index (Phi) is 17.3. The van der Waals surface area contributed by atoms with E-state index in [2.05, 4.69) is 115 Å². The molecule has 5 aromatic rings. The zero-order valence-electron chi connectivity index (χ0n) is 36.6. The molecule has 0 aliphatic rings. The summed E-state index contributed by atoms with van der Waals surface area (Å²) in [6, 6.07) is 25.5. The molecule has 0 amide bonds. The number of aromatic nitrogens is 2. The predicted octanol–water partition coefficient (Wildman–Crippen LogP) is 14.1. The van der Waals surface area contributed by atoms with E-state index in [4.69, 9.17) is 6.35 Å². The SMILES string of the molecule is CCC(CC)C(=O)/C=C(\O)C(CC)CC.[2H]c1nc(-c2[c-]c3ccccc3c(C(C)C)c2)c2sc3cc([Si](CC(C)C)(CC(C)C)CC(C)C)ccc3c2n1.[Ir]. The maximum Gasteiger partial charge on any atom is 0.162 e. The molecule has 0 saturated heterocycles. The van der Waals surface area contributed by atoms with E-state index in [1.54, 1.807) is 16.5 Å². The Hall–Kier alpha value is -2.70. The molecule has 0 aliphatic heterocycles. The first-order chi connectivity index (χ1) is 26.1. The predicted molar refractivity (Wildman–Crippen MR) is 239 cm³/mol. The van der Waals surface area contributed by atoms with Gasteiger partial charge in [0.05, 0.1) is 19.3 Å². The van der Waals surface area contributed by atoms with Gasteiger partial charge in [0.1, 0.15) is 7.67 Å². The molecule has 0 fully saturated rings. The normalized spacial score (nSPS) is 12.8. The topological polar surface area (TPSA) is 63.1 Å². The molecule has 1 radical (unpaired) electrons. The Morgan fingerprint density at radius 3 is 1.95 bits per heavy atom. The molecule has 301 valence electrons. The number of aliphatic hydroxyl groups excluding tert-OH is 1. The summed E-state index contributed by atoms with van der Waals surface area (Å²) < 4.78 is 10.9. The molecule has 5 rings (SSSR count). The molecule has 55 heavy (non-hydrogen) atoms. The van der Waals surface area contributed by atoms with Crippen LogP contribution in [0.25, 0.3) is 42.3 Å². The van der Waals surface area contributed by atoms with Gasteiger partial charge in [-0.2, -0.15) is 0 Å². The van der Waals surface area contributed by atoms with E-state index >= 15 is 0 Å². The number of nitrogens with zero attached hydrogens (tertiary/aromatic N) is 2. The van der Waals surface area contributed by atoms with Crippen molar-refractivity contribution in [2.24, 2.45) is 29.6 Å². The molecule has 0 bridgehead atoms. The molecule has 0 atom stereocenters. The molecule has 2 aromatic heterocycles. The van der Waals surface area contributed by atoms with Gasteiger partial charge in [-0.15, -0.1) is 40.5 Å². The average molecular weight is 957 g/mol. The van der Waals surface area contributed by atoms with Gasteiger partial charge >= 0.3 is 0 Å². The third kappa shape index (κ3) is 11.5. The molecule has 4 nitrogen and oxygen atoms in total. The molecular weight excluding hydrogens is 889 g/mol. The second-order valence-corrected chi connectivity index (χ2v) is 22.5.